The van der Waals surface area contributed by atoms with Gasteiger partial charge in [-0.1, -0.05) is 6.07 Å². The molecule has 3 aromatic rings. The Morgan fingerprint density at radius 3 is 2.25 bits per heavy atom. The zero-order valence-corrected chi connectivity index (χ0v) is 20.0. The number of aromatic nitrogens is 4. The lowest BCUT2D eigenvalue weighted by Crippen LogP contribution is -2.33. The van der Waals surface area contributed by atoms with E-state index in [9.17, 15) is 23.1 Å². The summed E-state index contributed by atoms with van der Waals surface area (Å²) in [4.78, 5) is 30.1. The van der Waals surface area contributed by atoms with E-state index in [1.165, 1.54) is 31.5 Å². The van der Waals surface area contributed by atoms with Crippen LogP contribution in [-0.4, -0.2) is 71.5 Å². The minimum Gasteiger partial charge on any atom is -0.496 e. The van der Waals surface area contributed by atoms with Crippen LogP contribution in [0.4, 0.5) is 24.9 Å². The van der Waals surface area contributed by atoms with Crippen molar-refractivity contribution in [3.05, 3.63) is 48.0 Å². The maximum Gasteiger partial charge on any atom is 0.393 e. The Morgan fingerprint density at radius 1 is 1.08 bits per heavy atom. The topological polar surface area (TPSA) is 123 Å². The number of methoxy groups -OCH3 is 2. The Bertz CT molecular complexity index is 1180. The van der Waals surface area contributed by atoms with Crippen LogP contribution in [-0.2, 0) is 17.6 Å². The van der Waals surface area contributed by atoms with Crippen molar-refractivity contribution in [1.82, 2.24) is 19.9 Å². The fraction of sp³-hybridized carbons (Fsp3) is 0.348. The van der Waals surface area contributed by atoms with Gasteiger partial charge in [0, 0.05) is 38.5 Å². The fourth-order valence-corrected chi connectivity index (χ4v) is 3.35. The number of rotatable bonds is 10. The molecule has 13 heteroatoms. The third-order valence-corrected chi connectivity index (χ3v) is 5.05. The number of anilines is 2. The van der Waals surface area contributed by atoms with E-state index in [2.05, 4.69) is 25.3 Å². The van der Waals surface area contributed by atoms with Crippen LogP contribution in [0, 0.1) is 0 Å². The molecule has 0 aliphatic rings. The van der Waals surface area contributed by atoms with E-state index in [1.807, 2.05) is 0 Å². The first-order valence-electron chi connectivity index (χ1n) is 10.6. The standard InChI is InChI=1S/C23H25F3N6O4/c1-32(2)22-29-10-13(9-23(24,25)26)20(31-22)30-15(21(33)34)8-14-11-28-16(12-27-14)19-17(35-3)6-5-7-18(19)36-4/h5-7,10-12,15H,8-9H2,1-4H3,(H,33,34)(H,29,30,31)/t15-/m0/s1. The third-order valence-electron chi connectivity index (χ3n) is 5.05. The molecule has 1 aromatic carbocycles. The summed E-state index contributed by atoms with van der Waals surface area (Å²) in [5.41, 5.74) is 1.03. The van der Waals surface area contributed by atoms with Crippen LogP contribution in [0.25, 0.3) is 11.3 Å². The van der Waals surface area contributed by atoms with Crippen LogP contribution in [0.3, 0.4) is 0 Å². The molecule has 0 fully saturated rings. The molecule has 0 saturated heterocycles. The number of hydrogen-bond acceptors (Lipinski definition) is 9. The molecule has 0 aliphatic carbocycles. The molecule has 0 aliphatic heterocycles. The van der Waals surface area contributed by atoms with Crippen LogP contribution in [0.2, 0.25) is 0 Å². The van der Waals surface area contributed by atoms with E-state index in [0.29, 0.717) is 28.5 Å². The summed E-state index contributed by atoms with van der Waals surface area (Å²) >= 11 is 0. The molecule has 36 heavy (non-hydrogen) atoms. The molecule has 0 bridgehead atoms. The second-order valence-corrected chi connectivity index (χ2v) is 7.90. The maximum absolute atomic E-state index is 13.1. The van der Waals surface area contributed by atoms with Gasteiger partial charge in [0.05, 0.1) is 43.8 Å². The average Bonchev–Trinajstić information content (AvgIpc) is 2.83. The Morgan fingerprint density at radius 2 is 1.75 bits per heavy atom. The number of ether oxygens (including phenoxy) is 2. The van der Waals surface area contributed by atoms with Crippen molar-refractivity contribution in [2.75, 3.05) is 38.5 Å². The summed E-state index contributed by atoms with van der Waals surface area (Å²) in [6.45, 7) is 0. The lowest BCUT2D eigenvalue weighted by atomic mass is 10.1. The van der Waals surface area contributed by atoms with Gasteiger partial charge in [0.15, 0.2) is 0 Å². The van der Waals surface area contributed by atoms with Gasteiger partial charge in [0.25, 0.3) is 0 Å². The molecule has 0 amide bonds. The first kappa shape index (κ1) is 26.4. The van der Waals surface area contributed by atoms with Crippen molar-refractivity contribution >= 4 is 17.7 Å². The first-order valence-corrected chi connectivity index (χ1v) is 10.6. The molecule has 2 N–H and O–H groups in total. The zero-order valence-electron chi connectivity index (χ0n) is 20.0. The summed E-state index contributed by atoms with van der Waals surface area (Å²) in [6, 6.07) is 3.90. The molecule has 0 unspecified atom stereocenters. The minimum atomic E-state index is -4.53. The number of aliphatic carboxylic acids is 1. The number of nitrogens with zero attached hydrogens (tertiary/aromatic N) is 5. The molecule has 192 valence electrons. The second-order valence-electron chi connectivity index (χ2n) is 7.90. The van der Waals surface area contributed by atoms with Crippen LogP contribution < -0.4 is 19.7 Å². The lowest BCUT2D eigenvalue weighted by molar-refractivity contribution is -0.137. The highest BCUT2D eigenvalue weighted by Crippen LogP contribution is 2.36. The maximum atomic E-state index is 13.1. The molecule has 2 heterocycles. The number of alkyl halides is 3. The van der Waals surface area contributed by atoms with Gasteiger partial charge in [-0.05, 0) is 12.1 Å². The van der Waals surface area contributed by atoms with Crippen molar-refractivity contribution in [3.63, 3.8) is 0 Å². The summed E-state index contributed by atoms with van der Waals surface area (Å²) in [5.74, 6) is -0.363. The van der Waals surface area contributed by atoms with E-state index in [1.54, 1.807) is 32.3 Å². The van der Waals surface area contributed by atoms with E-state index in [4.69, 9.17) is 9.47 Å². The number of carboxylic acids is 1. The summed E-state index contributed by atoms with van der Waals surface area (Å²) < 4.78 is 49.9. The minimum absolute atomic E-state index is 0.127. The number of nitrogens with one attached hydrogen (secondary N) is 1. The molecule has 0 saturated carbocycles. The molecule has 3 rings (SSSR count). The number of halogens is 3. The van der Waals surface area contributed by atoms with E-state index < -0.39 is 24.6 Å². The molecule has 2 aromatic heterocycles. The van der Waals surface area contributed by atoms with Crippen molar-refractivity contribution < 1.29 is 32.5 Å². The van der Waals surface area contributed by atoms with E-state index in [0.717, 1.165) is 6.20 Å². The van der Waals surface area contributed by atoms with Crippen LogP contribution in [0.5, 0.6) is 11.5 Å². The number of carbonyl (C=O) groups is 1. The first-order chi connectivity index (χ1) is 17.0. The van der Waals surface area contributed by atoms with Crippen LogP contribution >= 0.6 is 0 Å². The molecular weight excluding hydrogens is 481 g/mol. The van der Waals surface area contributed by atoms with Gasteiger partial charge in [-0.25, -0.2) is 9.78 Å². The molecule has 1 atom stereocenters. The highest BCUT2D eigenvalue weighted by Gasteiger charge is 2.31. The monoisotopic (exact) mass is 506 g/mol. The largest absolute Gasteiger partial charge is 0.496 e. The average molecular weight is 506 g/mol. The van der Waals surface area contributed by atoms with Gasteiger partial charge in [-0.15, -0.1) is 0 Å². The fourth-order valence-electron chi connectivity index (χ4n) is 3.35. The highest BCUT2D eigenvalue weighted by molar-refractivity contribution is 5.78. The van der Waals surface area contributed by atoms with Gasteiger partial charge < -0.3 is 24.8 Å². The molecule has 0 radical (unpaired) electrons. The summed E-state index contributed by atoms with van der Waals surface area (Å²) in [7, 11) is 6.24. The van der Waals surface area contributed by atoms with Gasteiger partial charge in [-0.3, -0.25) is 9.97 Å². The summed E-state index contributed by atoms with van der Waals surface area (Å²) in [6.07, 6.45) is -2.15. The van der Waals surface area contributed by atoms with E-state index >= 15 is 0 Å². The molecule has 10 nitrogen and oxygen atoms in total. The van der Waals surface area contributed by atoms with Gasteiger partial charge in [-0.2, -0.15) is 18.2 Å². The SMILES string of the molecule is COc1cccc(OC)c1-c1cnc(C[C@H](Nc2nc(N(C)C)ncc2CC(F)(F)F)C(=O)O)cn1. The predicted octanol–water partition coefficient (Wildman–Crippen LogP) is 3.23. The zero-order chi connectivity index (χ0) is 26.5. The quantitative estimate of drug-likeness (QED) is 0.424. The third kappa shape index (κ3) is 6.49. The molecular formula is C23H25F3N6O4. The van der Waals surface area contributed by atoms with Crippen molar-refractivity contribution in [1.29, 1.82) is 0 Å². The molecule has 0 spiro atoms. The number of carboxylic acid groups (broad SMARTS) is 1. The highest BCUT2D eigenvalue weighted by atomic mass is 19.4. The van der Waals surface area contributed by atoms with Gasteiger partial charge >= 0.3 is 12.1 Å². The van der Waals surface area contributed by atoms with Crippen molar-refractivity contribution in [3.8, 4) is 22.8 Å². The Hall–Kier alpha value is -4.16. The van der Waals surface area contributed by atoms with Gasteiger partial charge in [0.2, 0.25) is 5.95 Å². The Kier molecular flexibility index (Phi) is 8.12. The number of hydrogen-bond donors (Lipinski definition) is 2. The van der Waals surface area contributed by atoms with Crippen LogP contribution in [0.1, 0.15) is 11.3 Å². The number of benzene rings is 1. The van der Waals surface area contributed by atoms with Crippen molar-refractivity contribution in [2.45, 2.75) is 25.1 Å². The predicted molar refractivity (Wildman–Crippen MR) is 125 cm³/mol. The van der Waals surface area contributed by atoms with Crippen LogP contribution in [0.15, 0.2) is 36.8 Å². The Labute approximate surface area is 205 Å². The second kappa shape index (κ2) is 11.1. The van der Waals surface area contributed by atoms with Gasteiger partial charge in [0.1, 0.15) is 23.4 Å². The summed E-state index contributed by atoms with van der Waals surface area (Å²) in [5, 5.41) is 12.4. The smallest absolute Gasteiger partial charge is 0.393 e. The lowest BCUT2D eigenvalue weighted by Gasteiger charge is -2.20. The Balaban J connectivity index is 1.88. The van der Waals surface area contributed by atoms with Crippen molar-refractivity contribution in [2.24, 2.45) is 0 Å². The normalized spacial score (nSPS) is 12.1. The van der Waals surface area contributed by atoms with E-state index in [-0.39, 0.29) is 23.8 Å².